The molecule has 2 aromatic rings. The van der Waals surface area contributed by atoms with Crippen LogP contribution in [0.25, 0.3) is 0 Å². The van der Waals surface area contributed by atoms with Crippen molar-refractivity contribution in [3.8, 4) is 5.75 Å². The van der Waals surface area contributed by atoms with Crippen LogP contribution in [0, 0.1) is 0 Å². The summed E-state index contributed by atoms with van der Waals surface area (Å²) >= 11 is 0. The largest absolute Gasteiger partial charge is 0.497 e. The fourth-order valence-electron chi connectivity index (χ4n) is 3.13. The van der Waals surface area contributed by atoms with Crippen molar-refractivity contribution in [2.24, 2.45) is 0 Å². The average molecular weight is 413 g/mol. The Morgan fingerprint density at radius 3 is 2.07 bits per heavy atom. The van der Waals surface area contributed by atoms with Crippen LogP contribution in [0.1, 0.15) is 78.1 Å². The van der Waals surface area contributed by atoms with Crippen molar-refractivity contribution in [2.45, 2.75) is 58.5 Å². The minimum absolute atomic E-state index is 0.0947. The SMILES string of the molecule is CCCCCCCCCOC(=O)c1ccccc1C(=O)OCc1cccc(OC)c1. The molecule has 0 fully saturated rings. The summed E-state index contributed by atoms with van der Waals surface area (Å²) in [5.74, 6) is -0.353. The second kappa shape index (κ2) is 13.4. The van der Waals surface area contributed by atoms with Gasteiger partial charge in [-0.3, -0.25) is 0 Å². The van der Waals surface area contributed by atoms with Gasteiger partial charge in [-0.15, -0.1) is 0 Å². The van der Waals surface area contributed by atoms with Crippen molar-refractivity contribution in [3.05, 3.63) is 65.2 Å². The first-order chi connectivity index (χ1) is 14.7. The predicted molar refractivity (Wildman–Crippen MR) is 117 cm³/mol. The van der Waals surface area contributed by atoms with E-state index in [1.54, 1.807) is 37.4 Å². The molecule has 0 aliphatic heterocycles. The van der Waals surface area contributed by atoms with E-state index in [1.165, 1.54) is 25.7 Å². The van der Waals surface area contributed by atoms with Gasteiger partial charge in [0.2, 0.25) is 0 Å². The molecular weight excluding hydrogens is 380 g/mol. The Bertz CT molecular complexity index is 800. The Hall–Kier alpha value is -2.82. The fourth-order valence-corrected chi connectivity index (χ4v) is 3.13. The maximum absolute atomic E-state index is 12.5. The molecule has 0 radical (unpaired) electrons. The zero-order valence-electron chi connectivity index (χ0n) is 18.0. The van der Waals surface area contributed by atoms with Gasteiger partial charge in [-0.25, -0.2) is 9.59 Å². The highest BCUT2D eigenvalue weighted by atomic mass is 16.5. The number of carbonyl (C=O) groups excluding carboxylic acids is 2. The van der Waals surface area contributed by atoms with Crippen molar-refractivity contribution < 1.29 is 23.8 Å². The first-order valence-corrected chi connectivity index (χ1v) is 10.7. The molecule has 0 atom stereocenters. The molecule has 0 aliphatic carbocycles. The summed E-state index contributed by atoms with van der Waals surface area (Å²) in [4.78, 5) is 25.0. The molecule has 0 bridgehead atoms. The van der Waals surface area contributed by atoms with E-state index in [2.05, 4.69) is 6.92 Å². The van der Waals surface area contributed by atoms with Crippen LogP contribution < -0.4 is 4.74 Å². The second-order valence-corrected chi connectivity index (χ2v) is 7.23. The highest BCUT2D eigenvalue weighted by molar-refractivity contribution is 6.03. The molecule has 30 heavy (non-hydrogen) atoms. The molecule has 0 N–H and O–H groups in total. The van der Waals surface area contributed by atoms with Gasteiger partial charge < -0.3 is 14.2 Å². The summed E-state index contributed by atoms with van der Waals surface area (Å²) in [6, 6.07) is 13.9. The van der Waals surface area contributed by atoms with E-state index in [9.17, 15) is 9.59 Å². The topological polar surface area (TPSA) is 61.8 Å². The van der Waals surface area contributed by atoms with Gasteiger partial charge in [-0.2, -0.15) is 0 Å². The summed E-state index contributed by atoms with van der Waals surface area (Å²) in [6.45, 7) is 2.66. The minimum Gasteiger partial charge on any atom is -0.497 e. The first kappa shape index (κ1) is 23.5. The van der Waals surface area contributed by atoms with Gasteiger partial charge in [0.1, 0.15) is 12.4 Å². The zero-order chi connectivity index (χ0) is 21.6. The molecule has 0 spiro atoms. The molecule has 2 rings (SSSR count). The van der Waals surface area contributed by atoms with Gasteiger partial charge in [0.15, 0.2) is 0 Å². The lowest BCUT2D eigenvalue weighted by molar-refractivity contribution is 0.0436. The summed E-state index contributed by atoms with van der Waals surface area (Å²) < 4.78 is 15.9. The lowest BCUT2D eigenvalue weighted by atomic mass is 10.1. The lowest BCUT2D eigenvalue weighted by Gasteiger charge is -2.10. The quantitative estimate of drug-likeness (QED) is 0.300. The van der Waals surface area contributed by atoms with Crippen molar-refractivity contribution in [3.63, 3.8) is 0 Å². The monoisotopic (exact) mass is 412 g/mol. The van der Waals surface area contributed by atoms with E-state index in [1.807, 2.05) is 18.2 Å². The highest BCUT2D eigenvalue weighted by Gasteiger charge is 2.19. The molecule has 0 aromatic heterocycles. The average Bonchev–Trinajstić information content (AvgIpc) is 2.79. The summed E-state index contributed by atoms with van der Waals surface area (Å²) in [7, 11) is 1.58. The second-order valence-electron chi connectivity index (χ2n) is 7.23. The molecule has 162 valence electrons. The van der Waals surface area contributed by atoms with Crippen molar-refractivity contribution in [1.82, 2.24) is 0 Å². The first-order valence-electron chi connectivity index (χ1n) is 10.7. The van der Waals surface area contributed by atoms with Crippen LogP contribution in [0.5, 0.6) is 5.75 Å². The third kappa shape index (κ3) is 7.90. The summed E-state index contributed by atoms with van der Waals surface area (Å²) in [5.41, 5.74) is 1.25. The zero-order valence-corrected chi connectivity index (χ0v) is 18.0. The van der Waals surface area contributed by atoms with Crippen LogP contribution >= 0.6 is 0 Å². The molecule has 5 nitrogen and oxygen atoms in total. The van der Waals surface area contributed by atoms with Gasteiger partial charge in [0.25, 0.3) is 0 Å². The number of ether oxygens (including phenoxy) is 3. The molecule has 0 unspecified atom stereocenters. The van der Waals surface area contributed by atoms with Crippen molar-refractivity contribution >= 4 is 11.9 Å². The minimum atomic E-state index is -0.554. The Labute approximate surface area is 179 Å². The molecule has 0 aliphatic rings. The molecule has 0 saturated carbocycles. The normalized spacial score (nSPS) is 10.5. The van der Waals surface area contributed by atoms with E-state index in [4.69, 9.17) is 14.2 Å². The van der Waals surface area contributed by atoms with Gasteiger partial charge >= 0.3 is 11.9 Å². The standard InChI is InChI=1S/C25H32O5/c1-3-4-5-6-7-8-11-17-29-24(26)22-15-9-10-16-23(22)25(27)30-19-20-13-12-14-21(18-20)28-2/h9-10,12-16,18H,3-8,11,17,19H2,1-2H3. The molecule has 5 heteroatoms. The third-order valence-corrected chi connectivity index (χ3v) is 4.85. The van der Waals surface area contributed by atoms with E-state index < -0.39 is 11.9 Å². The Kier molecular flexibility index (Phi) is 10.5. The number of benzene rings is 2. The number of hydrogen-bond donors (Lipinski definition) is 0. The van der Waals surface area contributed by atoms with Crippen LogP contribution in [-0.2, 0) is 16.1 Å². The van der Waals surface area contributed by atoms with Gasteiger partial charge in [-0.1, -0.05) is 69.7 Å². The van der Waals surface area contributed by atoms with Gasteiger partial charge in [0.05, 0.1) is 24.8 Å². The van der Waals surface area contributed by atoms with E-state index in [0.29, 0.717) is 12.4 Å². The molecule has 0 amide bonds. The van der Waals surface area contributed by atoms with Crippen LogP contribution in [0.4, 0.5) is 0 Å². The molecule has 2 aromatic carbocycles. The Balaban J connectivity index is 1.83. The number of rotatable bonds is 13. The van der Waals surface area contributed by atoms with Crippen LogP contribution in [-0.4, -0.2) is 25.7 Å². The van der Waals surface area contributed by atoms with Crippen LogP contribution in [0.2, 0.25) is 0 Å². The van der Waals surface area contributed by atoms with Crippen LogP contribution in [0.3, 0.4) is 0 Å². The maximum Gasteiger partial charge on any atom is 0.339 e. The maximum atomic E-state index is 12.5. The lowest BCUT2D eigenvalue weighted by Crippen LogP contribution is -2.14. The van der Waals surface area contributed by atoms with Crippen LogP contribution in [0.15, 0.2) is 48.5 Å². The van der Waals surface area contributed by atoms with E-state index in [0.717, 1.165) is 24.8 Å². The van der Waals surface area contributed by atoms with Gasteiger partial charge in [-0.05, 0) is 36.2 Å². The molecular formula is C25H32O5. The Morgan fingerprint density at radius 1 is 0.767 bits per heavy atom. The summed E-state index contributed by atoms with van der Waals surface area (Å²) in [6.07, 6.45) is 8.04. The molecule has 0 saturated heterocycles. The highest BCUT2D eigenvalue weighted by Crippen LogP contribution is 2.16. The Morgan fingerprint density at radius 2 is 1.40 bits per heavy atom. The number of methoxy groups -OCH3 is 1. The molecule has 0 heterocycles. The fraction of sp³-hybridized carbons (Fsp3) is 0.440. The van der Waals surface area contributed by atoms with Crippen molar-refractivity contribution in [2.75, 3.05) is 13.7 Å². The third-order valence-electron chi connectivity index (χ3n) is 4.85. The van der Waals surface area contributed by atoms with E-state index >= 15 is 0 Å². The predicted octanol–water partition coefficient (Wildman–Crippen LogP) is 5.96. The van der Waals surface area contributed by atoms with E-state index in [-0.39, 0.29) is 17.7 Å². The smallest absolute Gasteiger partial charge is 0.339 e. The van der Waals surface area contributed by atoms with Gasteiger partial charge in [0, 0.05) is 0 Å². The number of unbranched alkanes of at least 4 members (excludes halogenated alkanes) is 6. The number of carbonyl (C=O) groups is 2. The number of hydrogen-bond acceptors (Lipinski definition) is 5. The number of esters is 2. The summed E-state index contributed by atoms with van der Waals surface area (Å²) in [5, 5.41) is 0. The van der Waals surface area contributed by atoms with Crippen molar-refractivity contribution in [1.29, 1.82) is 0 Å².